The molecule has 1 aliphatic heterocycles. The molecule has 1 aromatic carbocycles. The Labute approximate surface area is 101 Å². The maximum Gasteiger partial charge on any atom is 0.142 e. The Hall–Kier alpha value is -0.600. The van der Waals surface area contributed by atoms with Gasteiger partial charge >= 0.3 is 0 Å². The Morgan fingerprint density at radius 1 is 1.44 bits per heavy atom. The SMILES string of the molecule is CC(C)(c1ccc(Cl)c(F)c1)C1CCCN1. The molecular formula is C13H17ClFN. The smallest absolute Gasteiger partial charge is 0.142 e. The fraction of sp³-hybridized carbons (Fsp3) is 0.538. The summed E-state index contributed by atoms with van der Waals surface area (Å²) < 4.78 is 13.4. The van der Waals surface area contributed by atoms with Crippen LogP contribution < -0.4 is 5.32 Å². The van der Waals surface area contributed by atoms with Crippen molar-refractivity contribution in [2.75, 3.05) is 6.54 Å². The van der Waals surface area contributed by atoms with Crippen molar-refractivity contribution < 1.29 is 4.39 Å². The van der Waals surface area contributed by atoms with Crippen LogP contribution in [0.1, 0.15) is 32.3 Å². The molecule has 0 aromatic heterocycles. The van der Waals surface area contributed by atoms with E-state index in [0.29, 0.717) is 6.04 Å². The summed E-state index contributed by atoms with van der Waals surface area (Å²) in [5.41, 5.74) is 0.955. The number of benzene rings is 1. The summed E-state index contributed by atoms with van der Waals surface area (Å²) in [5, 5.41) is 3.67. The molecule has 2 rings (SSSR count). The highest BCUT2D eigenvalue weighted by Gasteiger charge is 2.33. The van der Waals surface area contributed by atoms with Crippen molar-refractivity contribution in [3.05, 3.63) is 34.6 Å². The van der Waals surface area contributed by atoms with Gasteiger partial charge in [-0.15, -0.1) is 0 Å². The van der Waals surface area contributed by atoms with Gasteiger partial charge in [-0.3, -0.25) is 0 Å². The van der Waals surface area contributed by atoms with Crippen LogP contribution in [0.25, 0.3) is 0 Å². The second-order valence-corrected chi connectivity index (χ2v) is 5.41. The van der Waals surface area contributed by atoms with Crippen LogP contribution in [-0.4, -0.2) is 12.6 Å². The number of rotatable bonds is 2. The average Bonchev–Trinajstić information content (AvgIpc) is 2.75. The maximum atomic E-state index is 13.4. The highest BCUT2D eigenvalue weighted by atomic mass is 35.5. The molecule has 0 bridgehead atoms. The van der Waals surface area contributed by atoms with Crippen molar-refractivity contribution in [3.63, 3.8) is 0 Å². The fourth-order valence-electron chi connectivity index (χ4n) is 2.40. The Morgan fingerprint density at radius 2 is 2.19 bits per heavy atom. The van der Waals surface area contributed by atoms with Crippen molar-refractivity contribution in [2.24, 2.45) is 0 Å². The van der Waals surface area contributed by atoms with Crippen molar-refractivity contribution in [1.29, 1.82) is 0 Å². The lowest BCUT2D eigenvalue weighted by atomic mass is 9.77. The molecule has 1 atom stereocenters. The minimum atomic E-state index is -0.328. The summed E-state index contributed by atoms with van der Waals surface area (Å²) in [7, 11) is 0. The van der Waals surface area contributed by atoms with E-state index in [4.69, 9.17) is 11.6 Å². The Kier molecular flexibility index (Phi) is 3.22. The summed E-state index contributed by atoms with van der Waals surface area (Å²) >= 11 is 5.70. The molecule has 0 aliphatic carbocycles. The number of hydrogen-bond donors (Lipinski definition) is 1. The van der Waals surface area contributed by atoms with Crippen LogP contribution in [0, 0.1) is 5.82 Å². The van der Waals surface area contributed by atoms with Crippen LogP contribution in [0.15, 0.2) is 18.2 Å². The molecule has 1 heterocycles. The minimum absolute atomic E-state index is 0.0536. The Bertz CT molecular complexity index is 384. The first kappa shape index (κ1) is 11.9. The van der Waals surface area contributed by atoms with E-state index >= 15 is 0 Å². The van der Waals surface area contributed by atoms with Crippen molar-refractivity contribution in [2.45, 2.75) is 38.1 Å². The molecule has 16 heavy (non-hydrogen) atoms. The zero-order chi connectivity index (χ0) is 11.8. The molecule has 3 heteroatoms. The van der Waals surface area contributed by atoms with E-state index in [2.05, 4.69) is 19.2 Å². The normalized spacial score (nSPS) is 21.4. The Morgan fingerprint density at radius 3 is 2.75 bits per heavy atom. The first-order valence-corrected chi connectivity index (χ1v) is 6.08. The highest BCUT2D eigenvalue weighted by Crippen LogP contribution is 2.33. The van der Waals surface area contributed by atoms with Crippen LogP contribution in [0.3, 0.4) is 0 Å². The lowest BCUT2D eigenvalue weighted by molar-refractivity contribution is 0.375. The van der Waals surface area contributed by atoms with E-state index in [1.807, 2.05) is 6.07 Å². The number of hydrogen-bond acceptors (Lipinski definition) is 1. The molecule has 1 fully saturated rings. The van der Waals surface area contributed by atoms with Crippen molar-refractivity contribution in [1.82, 2.24) is 5.32 Å². The van der Waals surface area contributed by atoms with Gasteiger partial charge in [0.1, 0.15) is 5.82 Å². The van der Waals surface area contributed by atoms with Gasteiger partial charge < -0.3 is 5.32 Å². The van der Waals surface area contributed by atoms with Crippen LogP contribution in [0.5, 0.6) is 0 Å². The van der Waals surface area contributed by atoms with E-state index in [-0.39, 0.29) is 16.3 Å². The average molecular weight is 242 g/mol. The molecule has 1 nitrogen and oxygen atoms in total. The largest absolute Gasteiger partial charge is 0.313 e. The monoisotopic (exact) mass is 241 g/mol. The minimum Gasteiger partial charge on any atom is -0.313 e. The third kappa shape index (κ3) is 2.09. The van der Waals surface area contributed by atoms with Crippen molar-refractivity contribution >= 4 is 11.6 Å². The summed E-state index contributed by atoms with van der Waals surface area (Å²) in [6.07, 6.45) is 2.35. The molecule has 0 radical (unpaired) electrons. The van der Waals surface area contributed by atoms with Gasteiger partial charge in [-0.25, -0.2) is 4.39 Å². The first-order valence-electron chi connectivity index (χ1n) is 5.71. The molecule has 1 N–H and O–H groups in total. The molecule has 1 aliphatic rings. The predicted molar refractivity (Wildman–Crippen MR) is 65.5 cm³/mol. The molecule has 0 saturated carbocycles. The summed E-state index contributed by atoms with van der Waals surface area (Å²) in [4.78, 5) is 0. The van der Waals surface area contributed by atoms with E-state index in [0.717, 1.165) is 18.5 Å². The number of nitrogens with one attached hydrogen (secondary N) is 1. The van der Waals surface area contributed by atoms with Crippen LogP contribution in [0.2, 0.25) is 5.02 Å². The van der Waals surface area contributed by atoms with Crippen LogP contribution in [0.4, 0.5) is 4.39 Å². The molecule has 1 aromatic rings. The Balaban J connectivity index is 2.30. The second-order valence-electron chi connectivity index (χ2n) is 5.00. The summed E-state index contributed by atoms with van der Waals surface area (Å²) in [6.45, 7) is 5.36. The molecule has 1 saturated heterocycles. The van der Waals surface area contributed by atoms with Gasteiger partial charge in [0.2, 0.25) is 0 Å². The standard InChI is InChI=1S/C13H17ClFN/c1-13(2,12-4-3-7-16-12)9-5-6-10(14)11(15)8-9/h5-6,8,12,16H,3-4,7H2,1-2H3. The zero-order valence-corrected chi connectivity index (χ0v) is 10.4. The van der Waals surface area contributed by atoms with Gasteiger partial charge in [0, 0.05) is 11.5 Å². The zero-order valence-electron chi connectivity index (χ0n) is 9.69. The molecular weight excluding hydrogens is 225 g/mol. The van der Waals surface area contributed by atoms with E-state index in [9.17, 15) is 4.39 Å². The second kappa shape index (κ2) is 4.34. The van der Waals surface area contributed by atoms with Gasteiger partial charge in [-0.05, 0) is 37.1 Å². The van der Waals surface area contributed by atoms with Crippen LogP contribution in [-0.2, 0) is 5.41 Å². The maximum absolute atomic E-state index is 13.4. The molecule has 0 amide bonds. The van der Waals surface area contributed by atoms with Gasteiger partial charge in [-0.1, -0.05) is 31.5 Å². The van der Waals surface area contributed by atoms with Gasteiger partial charge in [0.15, 0.2) is 0 Å². The van der Waals surface area contributed by atoms with Crippen molar-refractivity contribution in [3.8, 4) is 0 Å². The molecule has 0 spiro atoms. The van der Waals surface area contributed by atoms with E-state index < -0.39 is 0 Å². The first-order chi connectivity index (χ1) is 7.51. The van der Waals surface area contributed by atoms with E-state index in [1.165, 1.54) is 6.42 Å². The summed E-state index contributed by atoms with van der Waals surface area (Å²) in [6, 6.07) is 5.55. The van der Waals surface area contributed by atoms with E-state index in [1.54, 1.807) is 12.1 Å². The van der Waals surface area contributed by atoms with Gasteiger partial charge in [0.05, 0.1) is 5.02 Å². The number of halogens is 2. The quantitative estimate of drug-likeness (QED) is 0.836. The molecule has 88 valence electrons. The third-order valence-electron chi connectivity index (χ3n) is 3.60. The fourth-order valence-corrected chi connectivity index (χ4v) is 2.52. The van der Waals surface area contributed by atoms with Crippen LogP contribution >= 0.6 is 11.6 Å². The molecule has 1 unspecified atom stereocenters. The third-order valence-corrected chi connectivity index (χ3v) is 3.90. The lowest BCUT2D eigenvalue weighted by Gasteiger charge is -2.32. The lowest BCUT2D eigenvalue weighted by Crippen LogP contribution is -2.40. The van der Waals surface area contributed by atoms with Gasteiger partial charge in [0.25, 0.3) is 0 Å². The van der Waals surface area contributed by atoms with Gasteiger partial charge in [-0.2, -0.15) is 0 Å². The summed E-state index contributed by atoms with van der Waals surface area (Å²) in [5.74, 6) is -0.328. The predicted octanol–water partition coefficient (Wildman–Crippen LogP) is 3.51. The topological polar surface area (TPSA) is 12.0 Å². The highest BCUT2D eigenvalue weighted by molar-refractivity contribution is 6.30.